The van der Waals surface area contributed by atoms with Gasteiger partial charge in [0.25, 0.3) is 5.91 Å². The minimum atomic E-state index is -1.01. The van der Waals surface area contributed by atoms with Crippen molar-refractivity contribution in [2.24, 2.45) is 5.10 Å². The lowest BCUT2D eigenvalue weighted by Gasteiger charge is -2.13. The van der Waals surface area contributed by atoms with Crippen LogP contribution in [0.4, 0.5) is 0 Å². The van der Waals surface area contributed by atoms with Crippen molar-refractivity contribution in [2.75, 3.05) is 7.11 Å². The Morgan fingerprint density at radius 3 is 2.52 bits per heavy atom. The largest absolute Gasteiger partial charge is 0.493 e. The number of hydrazone groups is 1. The third-order valence-corrected chi connectivity index (χ3v) is 4.51. The lowest BCUT2D eigenvalue weighted by Crippen LogP contribution is -2.17. The number of benzene rings is 3. The van der Waals surface area contributed by atoms with Crippen LogP contribution in [-0.4, -0.2) is 30.3 Å². The van der Waals surface area contributed by atoms with E-state index in [4.69, 9.17) is 26.2 Å². The zero-order valence-electron chi connectivity index (χ0n) is 16.5. The van der Waals surface area contributed by atoms with Gasteiger partial charge in [0, 0.05) is 16.1 Å². The second kappa shape index (κ2) is 10.3. The summed E-state index contributed by atoms with van der Waals surface area (Å²) in [6, 6.07) is 18.1. The van der Waals surface area contributed by atoms with Crippen LogP contribution in [0.1, 0.15) is 31.8 Å². The number of halogens is 1. The molecular weight excluding hydrogens is 420 g/mol. The second-order valence-electron chi connectivity index (χ2n) is 6.38. The zero-order valence-corrected chi connectivity index (χ0v) is 17.3. The van der Waals surface area contributed by atoms with Crippen molar-refractivity contribution < 1.29 is 24.2 Å². The number of carbonyl (C=O) groups is 2. The summed E-state index contributed by atoms with van der Waals surface area (Å²) in [4.78, 5) is 23.3. The number of aromatic carboxylic acids is 1. The van der Waals surface area contributed by atoms with Crippen molar-refractivity contribution in [1.82, 2.24) is 5.43 Å². The predicted molar refractivity (Wildman–Crippen MR) is 117 cm³/mol. The molecule has 2 N–H and O–H groups in total. The Bertz CT molecular complexity index is 1110. The lowest BCUT2D eigenvalue weighted by molar-refractivity contribution is 0.0696. The molecule has 0 heterocycles. The van der Waals surface area contributed by atoms with Gasteiger partial charge in [0.15, 0.2) is 11.5 Å². The number of carboxylic acid groups (broad SMARTS) is 1. The monoisotopic (exact) mass is 438 g/mol. The summed E-state index contributed by atoms with van der Waals surface area (Å²) in [7, 11) is 1.51. The minimum absolute atomic E-state index is 0.124. The van der Waals surface area contributed by atoms with E-state index in [1.165, 1.54) is 25.5 Å². The Morgan fingerprint density at radius 2 is 1.81 bits per heavy atom. The van der Waals surface area contributed by atoms with Crippen LogP contribution >= 0.6 is 11.6 Å². The van der Waals surface area contributed by atoms with Crippen LogP contribution in [0, 0.1) is 0 Å². The molecule has 0 bridgehead atoms. The standard InChI is InChI=1S/C23H19ClN2O5/c1-30-20-7-3-6-18(13-25-26-22(27)16-8-10-19(24)11-9-16)21(20)31-14-15-4-2-5-17(12-15)23(28)29/h2-13H,14H2,1H3,(H,26,27)(H,28,29)/b25-13-. The molecule has 0 radical (unpaired) electrons. The molecule has 0 aliphatic carbocycles. The van der Waals surface area contributed by atoms with Gasteiger partial charge >= 0.3 is 5.97 Å². The normalized spacial score (nSPS) is 10.6. The van der Waals surface area contributed by atoms with E-state index < -0.39 is 5.97 Å². The Morgan fingerprint density at radius 1 is 1.06 bits per heavy atom. The summed E-state index contributed by atoms with van der Waals surface area (Å²) in [6.07, 6.45) is 1.44. The highest BCUT2D eigenvalue weighted by atomic mass is 35.5. The van der Waals surface area contributed by atoms with Gasteiger partial charge in [-0.1, -0.05) is 29.8 Å². The van der Waals surface area contributed by atoms with Crippen LogP contribution < -0.4 is 14.9 Å². The fourth-order valence-electron chi connectivity index (χ4n) is 2.73. The molecule has 8 heteroatoms. The second-order valence-corrected chi connectivity index (χ2v) is 6.82. The van der Waals surface area contributed by atoms with Gasteiger partial charge in [-0.05, 0) is 54.1 Å². The van der Waals surface area contributed by atoms with E-state index in [-0.39, 0.29) is 18.1 Å². The van der Waals surface area contributed by atoms with Gasteiger partial charge in [0.1, 0.15) is 6.61 Å². The summed E-state index contributed by atoms with van der Waals surface area (Å²) in [6.45, 7) is 0.124. The number of para-hydroxylation sites is 1. The molecular formula is C23H19ClN2O5. The van der Waals surface area contributed by atoms with Crippen molar-refractivity contribution in [3.8, 4) is 11.5 Å². The number of ether oxygens (including phenoxy) is 2. The topological polar surface area (TPSA) is 97.2 Å². The Labute approximate surface area is 183 Å². The van der Waals surface area contributed by atoms with E-state index >= 15 is 0 Å². The number of carbonyl (C=O) groups excluding carboxylic acids is 1. The third kappa shape index (κ3) is 5.83. The smallest absolute Gasteiger partial charge is 0.335 e. The fourth-order valence-corrected chi connectivity index (χ4v) is 2.85. The maximum absolute atomic E-state index is 12.2. The third-order valence-electron chi connectivity index (χ3n) is 4.26. The highest BCUT2D eigenvalue weighted by molar-refractivity contribution is 6.30. The van der Waals surface area contributed by atoms with Gasteiger partial charge in [0.2, 0.25) is 0 Å². The molecule has 7 nitrogen and oxygen atoms in total. The molecule has 0 saturated carbocycles. The van der Waals surface area contributed by atoms with Crippen molar-refractivity contribution in [3.63, 3.8) is 0 Å². The number of nitrogens with zero attached hydrogens (tertiary/aromatic N) is 1. The summed E-state index contributed by atoms with van der Waals surface area (Å²) < 4.78 is 11.3. The van der Waals surface area contributed by atoms with Crippen molar-refractivity contribution in [3.05, 3.63) is 94.0 Å². The molecule has 1 amide bonds. The van der Waals surface area contributed by atoms with Gasteiger partial charge < -0.3 is 14.6 Å². The number of amides is 1. The summed E-state index contributed by atoms with van der Waals surface area (Å²) >= 11 is 5.83. The highest BCUT2D eigenvalue weighted by Crippen LogP contribution is 2.31. The molecule has 0 aliphatic rings. The van der Waals surface area contributed by atoms with Gasteiger partial charge in [0.05, 0.1) is 18.9 Å². The Balaban J connectivity index is 1.74. The van der Waals surface area contributed by atoms with Crippen LogP contribution in [0.15, 0.2) is 71.8 Å². The van der Waals surface area contributed by atoms with Crippen molar-refractivity contribution in [1.29, 1.82) is 0 Å². The van der Waals surface area contributed by atoms with Gasteiger partial charge in [-0.3, -0.25) is 4.79 Å². The number of carboxylic acids is 1. The van der Waals surface area contributed by atoms with Crippen molar-refractivity contribution >= 4 is 29.7 Å². The molecule has 0 spiro atoms. The Kier molecular flexibility index (Phi) is 7.24. The first-order valence-electron chi connectivity index (χ1n) is 9.19. The molecule has 0 fully saturated rings. The van der Waals surface area contributed by atoms with Gasteiger partial charge in [-0.15, -0.1) is 0 Å². The van der Waals surface area contributed by atoms with Crippen LogP contribution in [0.3, 0.4) is 0 Å². The molecule has 0 aliphatic heterocycles. The van der Waals surface area contributed by atoms with E-state index in [1.54, 1.807) is 54.6 Å². The SMILES string of the molecule is COc1cccc(/C=N\NC(=O)c2ccc(Cl)cc2)c1OCc1cccc(C(=O)O)c1. The van der Waals surface area contributed by atoms with Crippen molar-refractivity contribution in [2.45, 2.75) is 6.61 Å². The molecule has 31 heavy (non-hydrogen) atoms. The maximum atomic E-state index is 12.2. The predicted octanol–water partition coefficient (Wildman–Crippen LogP) is 4.39. The van der Waals surface area contributed by atoms with Crippen LogP contribution in [0.25, 0.3) is 0 Å². The average Bonchev–Trinajstić information content (AvgIpc) is 2.78. The first-order valence-corrected chi connectivity index (χ1v) is 9.56. The molecule has 0 atom stereocenters. The number of rotatable bonds is 8. The molecule has 0 unspecified atom stereocenters. The quantitative estimate of drug-likeness (QED) is 0.401. The molecule has 0 saturated heterocycles. The minimum Gasteiger partial charge on any atom is -0.493 e. The Hall–Kier alpha value is -3.84. The first kappa shape index (κ1) is 21.9. The fraction of sp³-hybridized carbons (Fsp3) is 0.0870. The van der Waals surface area contributed by atoms with E-state index in [2.05, 4.69) is 10.5 Å². The van der Waals surface area contributed by atoms with E-state index in [0.29, 0.717) is 33.2 Å². The summed E-state index contributed by atoms with van der Waals surface area (Å²) in [5, 5.41) is 13.7. The average molecular weight is 439 g/mol. The van der Waals surface area contributed by atoms with E-state index in [1.807, 2.05) is 0 Å². The molecule has 158 valence electrons. The van der Waals surface area contributed by atoms with E-state index in [0.717, 1.165) is 0 Å². The maximum Gasteiger partial charge on any atom is 0.335 e. The number of hydrogen-bond donors (Lipinski definition) is 2. The molecule has 3 rings (SSSR count). The summed E-state index contributed by atoms with van der Waals surface area (Å²) in [5.74, 6) is -0.509. The number of hydrogen-bond acceptors (Lipinski definition) is 5. The van der Waals surface area contributed by atoms with Gasteiger partial charge in [-0.2, -0.15) is 5.10 Å². The highest BCUT2D eigenvalue weighted by Gasteiger charge is 2.11. The van der Waals surface area contributed by atoms with Crippen LogP contribution in [0.2, 0.25) is 5.02 Å². The van der Waals surface area contributed by atoms with Crippen LogP contribution in [-0.2, 0) is 6.61 Å². The zero-order chi connectivity index (χ0) is 22.2. The lowest BCUT2D eigenvalue weighted by atomic mass is 10.1. The van der Waals surface area contributed by atoms with E-state index in [9.17, 15) is 9.59 Å². The number of methoxy groups -OCH3 is 1. The number of nitrogens with one attached hydrogen (secondary N) is 1. The molecule has 3 aromatic carbocycles. The first-order chi connectivity index (χ1) is 15.0. The summed E-state index contributed by atoms with van der Waals surface area (Å²) in [5.41, 5.74) is 4.30. The molecule has 0 aromatic heterocycles. The molecule has 3 aromatic rings. The van der Waals surface area contributed by atoms with Crippen LogP contribution in [0.5, 0.6) is 11.5 Å². The van der Waals surface area contributed by atoms with Gasteiger partial charge in [-0.25, -0.2) is 10.2 Å².